The van der Waals surface area contributed by atoms with Gasteiger partial charge in [0, 0.05) is 24.2 Å². The van der Waals surface area contributed by atoms with Gasteiger partial charge in [-0.25, -0.2) is 13.4 Å². The van der Waals surface area contributed by atoms with Crippen molar-refractivity contribution in [3.8, 4) is 5.88 Å². The normalized spacial score (nSPS) is 19.0. The molecule has 2 aromatic rings. The lowest BCUT2D eigenvalue weighted by atomic mass is 10.2. The molecule has 1 atom stereocenters. The summed E-state index contributed by atoms with van der Waals surface area (Å²) in [4.78, 5) is 4.11. The van der Waals surface area contributed by atoms with Crippen molar-refractivity contribution in [3.63, 3.8) is 0 Å². The van der Waals surface area contributed by atoms with Gasteiger partial charge in [0.15, 0.2) is 0 Å². The Morgan fingerprint density at radius 3 is 2.71 bits per heavy atom. The number of ether oxygens (including phenoxy) is 1. The zero-order valence-electron chi connectivity index (χ0n) is 13.5. The summed E-state index contributed by atoms with van der Waals surface area (Å²) >= 11 is 0. The minimum Gasteiger partial charge on any atom is -0.473 e. The predicted octanol–water partition coefficient (Wildman–Crippen LogP) is 2.84. The first-order chi connectivity index (χ1) is 11.5. The van der Waals surface area contributed by atoms with Crippen molar-refractivity contribution in [2.24, 2.45) is 0 Å². The average molecular weight is 344 g/mol. The minimum atomic E-state index is -3.44. The number of benzene rings is 1. The number of hydrogen-bond donors (Lipinski definition) is 0. The van der Waals surface area contributed by atoms with Crippen molar-refractivity contribution in [1.82, 2.24) is 9.29 Å². The van der Waals surface area contributed by atoms with Crippen molar-refractivity contribution >= 4 is 16.1 Å². The van der Waals surface area contributed by atoms with Gasteiger partial charge in [-0.2, -0.15) is 4.31 Å². The van der Waals surface area contributed by atoms with Gasteiger partial charge in [0.1, 0.15) is 6.10 Å². The van der Waals surface area contributed by atoms with Crippen LogP contribution >= 0.6 is 0 Å². The second kappa shape index (κ2) is 7.15. The molecule has 0 radical (unpaired) electrons. The van der Waals surface area contributed by atoms with Crippen LogP contribution < -0.4 is 4.74 Å². The minimum absolute atomic E-state index is 0.164. The first-order valence-electron chi connectivity index (χ1n) is 7.85. The lowest BCUT2D eigenvalue weighted by Crippen LogP contribution is -2.29. The van der Waals surface area contributed by atoms with Crippen LogP contribution in [0.25, 0.3) is 6.08 Å². The molecule has 24 heavy (non-hydrogen) atoms. The number of sulfonamides is 1. The van der Waals surface area contributed by atoms with E-state index in [-0.39, 0.29) is 6.10 Å². The summed E-state index contributed by atoms with van der Waals surface area (Å²) < 4.78 is 32.1. The highest BCUT2D eigenvalue weighted by Gasteiger charge is 2.31. The second-order valence-electron chi connectivity index (χ2n) is 5.81. The van der Waals surface area contributed by atoms with E-state index in [2.05, 4.69) is 4.98 Å². The molecule has 1 aliphatic rings. The molecule has 0 saturated carbocycles. The summed E-state index contributed by atoms with van der Waals surface area (Å²) in [5, 5.41) is 1.26. The van der Waals surface area contributed by atoms with E-state index in [4.69, 9.17) is 4.74 Å². The third kappa shape index (κ3) is 4.21. The summed E-state index contributed by atoms with van der Waals surface area (Å²) in [6.07, 6.45) is 3.78. The van der Waals surface area contributed by atoms with Crippen molar-refractivity contribution < 1.29 is 13.2 Å². The quantitative estimate of drug-likeness (QED) is 0.837. The van der Waals surface area contributed by atoms with Gasteiger partial charge < -0.3 is 4.74 Å². The second-order valence-corrected chi connectivity index (χ2v) is 7.63. The lowest BCUT2D eigenvalue weighted by molar-refractivity contribution is 0.207. The number of aromatic nitrogens is 1. The third-order valence-corrected chi connectivity index (χ3v) is 5.43. The van der Waals surface area contributed by atoms with E-state index in [1.54, 1.807) is 18.3 Å². The van der Waals surface area contributed by atoms with E-state index in [9.17, 15) is 8.42 Å². The molecule has 2 heterocycles. The largest absolute Gasteiger partial charge is 0.473 e. The summed E-state index contributed by atoms with van der Waals surface area (Å²) in [5.41, 5.74) is 2.01. The smallest absolute Gasteiger partial charge is 0.236 e. The molecule has 5 nitrogen and oxygen atoms in total. The molecule has 1 aromatic carbocycles. The maximum absolute atomic E-state index is 12.4. The van der Waals surface area contributed by atoms with Crippen LogP contribution in [0.3, 0.4) is 0 Å². The molecule has 3 rings (SSSR count). The number of nitrogens with zero attached hydrogens (tertiary/aromatic N) is 2. The molecule has 1 saturated heterocycles. The van der Waals surface area contributed by atoms with Crippen LogP contribution in [-0.2, 0) is 10.0 Å². The first-order valence-corrected chi connectivity index (χ1v) is 9.36. The monoisotopic (exact) mass is 344 g/mol. The zero-order chi connectivity index (χ0) is 17.0. The molecule has 1 unspecified atom stereocenters. The Morgan fingerprint density at radius 2 is 2.00 bits per heavy atom. The van der Waals surface area contributed by atoms with Gasteiger partial charge in [-0.15, -0.1) is 0 Å². The van der Waals surface area contributed by atoms with E-state index >= 15 is 0 Å². The predicted molar refractivity (Wildman–Crippen MR) is 94.0 cm³/mol. The maximum atomic E-state index is 12.4. The standard InChI is InChI=1S/C18H20N2O3S/c1-15-5-7-16(8-6-15)10-13-24(21,22)20-12-9-17(14-20)23-18-4-2-3-11-19-18/h2-8,10-11,13,17H,9,12,14H2,1H3/b13-10+. The molecule has 126 valence electrons. The maximum Gasteiger partial charge on any atom is 0.236 e. The summed E-state index contributed by atoms with van der Waals surface area (Å²) in [5.74, 6) is 0.525. The van der Waals surface area contributed by atoms with Crippen molar-refractivity contribution in [2.75, 3.05) is 13.1 Å². The van der Waals surface area contributed by atoms with Crippen LogP contribution in [0, 0.1) is 6.92 Å². The Bertz CT molecular complexity index is 802. The first kappa shape index (κ1) is 16.7. The Kier molecular flexibility index (Phi) is 4.97. The molecule has 0 spiro atoms. The van der Waals surface area contributed by atoms with Gasteiger partial charge in [0.05, 0.1) is 6.54 Å². The van der Waals surface area contributed by atoms with Crippen LogP contribution in [0.2, 0.25) is 0 Å². The fourth-order valence-electron chi connectivity index (χ4n) is 2.54. The van der Waals surface area contributed by atoms with Crippen LogP contribution in [0.1, 0.15) is 17.5 Å². The van der Waals surface area contributed by atoms with Crippen LogP contribution in [0.5, 0.6) is 5.88 Å². The Morgan fingerprint density at radius 1 is 1.21 bits per heavy atom. The average Bonchev–Trinajstić information content (AvgIpc) is 3.05. The molecule has 0 amide bonds. The van der Waals surface area contributed by atoms with Crippen LogP contribution in [0.15, 0.2) is 54.1 Å². The molecule has 1 aliphatic heterocycles. The molecular weight excluding hydrogens is 324 g/mol. The number of rotatable bonds is 5. The van der Waals surface area contributed by atoms with Crippen LogP contribution in [0.4, 0.5) is 0 Å². The van der Waals surface area contributed by atoms with Gasteiger partial charge in [0.25, 0.3) is 0 Å². The number of hydrogen-bond acceptors (Lipinski definition) is 4. The van der Waals surface area contributed by atoms with Gasteiger partial charge in [-0.3, -0.25) is 0 Å². The van der Waals surface area contributed by atoms with E-state index in [0.29, 0.717) is 25.4 Å². The molecule has 1 fully saturated rings. The van der Waals surface area contributed by atoms with Gasteiger partial charge in [-0.1, -0.05) is 35.9 Å². The third-order valence-electron chi connectivity index (χ3n) is 3.90. The molecular formula is C18H20N2O3S. The van der Waals surface area contributed by atoms with Crippen molar-refractivity contribution in [1.29, 1.82) is 0 Å². The summed E-state index contributed by atoms with van der Waals surface area (Å²) in [6.45, 7) is 2.80. The summed E-state index contributed by atoms with van der Waals surface area (Å²) in [6, 6.07) is 13.1. The highest BCUT2D eigenvalue weighted by atomic mass is 32.2. The van der Waals surface area contributed by atoms with Crippen molar-refractivity contribution in [2.45, 2.75) is 19.4 Å². The highest BCUT2D eigenvalue weighted by molar-refractivity contribution is 7.92. The highest BCUT2D eigenvalue weighted by Crippen LogP contribution is 2.20. The zero-order valence-corrected chi connectivity index (χ0v) is 14.3. The molecule has 0 aliphatic carbocycles. The fraction of sp³-hybridized carbons (Fsp3) is 0.278. The van der Waals surface area contributed by atoms with Gasteiger partial charge >= 0.3 is 0 Å². The Balaban J connectivity index is 1.62. The number of aryl methyl sites for hydroxylation is 1. The van der Waals surface area contributed by atoms with E-state index in [1.165, 1.54) is 9.71 Å². The summed E-state index contributed by atoms with van der Waals surface area (Å²) in [7, 11) is -3.44. The van der Waals surface area contributed by atoms with E-state index < -0.39 is 10.0 Å². The molecule has 6 heteroatoms. The van der Waals surface area contributed by atoms with E-state index in [0.717, 1.165) is 11.1 Å². The topological polar surface area (TPSA) is 59.5 Å². The van der Waals surface area contributed by atoms with Crippen LogP contribution in [-0.4, -0.2) is 36.9 Å². The van der Waals surface area contributed by atoms with Gasteiger partial charge in [-0.05, 0) is 31.1 Å². The SMILES string of the molecule is Cc1ccc(/C=C/S(=O)(=O)N2CCC(Oc3ccccn3)C2)cc1. The molecule has 0 bridgehead atoms. The lowest BCUT2D eigenvalue weighted by Gasteiger charge is -2.14. The number of pyridine rings is 1. The molecule has 1 aromatic heterocycles. The van der Waals surface area contributed by atoms with E-state index in [1.807, 2.05) is 43.3 Å². The van der Waals surface area contributed by atoms with Gasteiger partial charge in [0.2, 0.25) is 15.9 Å². The molecule has 0 N–H and O–H groups in total. The Hall–Kier alpha value is -2.18. The van der Waals surface area contributed by atoms with Crippen molar-refractivity contribution in [3.05, 3.63) is 65.2 Å². The Labute approximate surface area is 142 Å². The fourth-order valence-corrected chi connectivity index (χ4v) is 3.78.